The number of benzene rings is 1. The summed E-state index contributed by atoms with van der Waals surface area (Å²) in [5, 5.41) is 2.83. The van der Waals surface area contributed by atoms with Crippen LogP contribution in [0.5, 0.6) is 5.75 Å². The molecule has 0 atom stereocenters. The molecule has 0 aromatic heterocycles. The van der Waals surface area contributed by atoms with E-state index in [-0.39, 0.29) is 12.5 Å². The van der Waals surface area contributed by atoms with Crippen LogP contribution in [0.15, 0.2) is 24.3 Å². The van der Waals surface area contributed by atoms with Gasteiger partial charge in [-0.05, 0) is 70.6 Å². The quantitative estimate of drug-likeness (QED) is 0.790. The van der Waals surface area contributed by atoms with Gasteiger partial charge in [0.05, 0.1) is 6.10 Å². The minimum absolute atomic E-state index is 0.0247. The number of carbonyl (C=O) groups excluding carboxylic acids is 2. The van der Waals surface area contributed by atoms with E-state index in [0.717, 1.165) is 30.6 Å². The Balaban J connectivity index is 1.67. The summed E-state index contributed by atoms with van der Waals surface area (Å²) < 4.78 is 11.2. The van der Waals surface area contributed by atoms with E-state index in [9.17, 15) is 9.59 Å². The first-order chi connectivity index (χ1) is 12.7. The van der Waals surface area contributed by atoms with Crippen molar-refractivity contribution in [3.05, 3.63) is 29.8 Å². The zero-order chi connectivity index (χ0) is 19.9. The molecule has 1 saturated carbocycles. The standard InChI is InChI=1S/C21H32N2O4/c1-21(2,3)27-20(25)23(4)15-19(24)22-14-13-16-9-11-18(12-10-16)26-17-7-5-6-8-17/h9-12,17H,5-8,13-15H2,1-4H3,(H,22,24). The van der Waals surface area contributed by atoms with E-state index < -0.39 is 11.7 Å². The Labute approximate surface area is 162 Å². The number of rotatable bonds is 7. The van der Waals surface area contributed by atoms with Crippen LogP contribution in [0.3, 0.4) is 0 Å². The van der Waals surface area contributed by atoms with Crippen molar-refractivity contribution in [2.45, 2.75) is 64.6 Å². The van der Waals surface area contributed by atoms with Crippen LogP contribution in [0.1, 0.15) is 52.0 Å². The maximum absolute atomic E-state index is 12.0. The monoisotopic (exact) mass is 376 g/mol. The summed E-state index contributed by atoms with van der Waals surface area (Å²) in [4.78, 5) is 25.1. The number of likely N-dealkylation sites (N-methyl/N-ethyl adjacent to an activating group) is 1. The summed E-state index contributed by atoms with van der Waals surface area (Å²) >= 11 is 0. The highest BCUT2D eigenvalue weighted by Gasteiger charge is 2.21. The first kappa shape index (κ1) is 21.1. The number of hydrogen-bond acceptors (Lipinski definition) is 4. The van der Waals surface area contributed by atoms with E-state index >= 15 is 0 Å². The lowest BCUT2D eigenvalue weighted by atomic mass is 10.1. The highest BCUT2D eigenvalue weighted by atomic mass is 16.6. The lowest BCUT2D eigenvalue weighted by molar-refractivity contribution is -0.121. The summed E-state index contributed by atoms with van der Waals surface area (Å²) in [6.07, 6.45) is 5.38. The number of amides is 2. The van der Waals surface area contributed by atoms with Gasteiger partial charge < -0.3 is 19.7 Å². The molecule has 1 aliphatic rings. The summed E-state index contributed by atoms with van der Waals surface area (Å²) in [6.45, 7) is 5.88. The third-order valence-corrected chi connectivity index (χ3v) is 4.35. The minimum atomic E-state index is -0.574. The molecule has 6 nitrogen and oxygen atoms in total. The van der Waals surface area contributed by atoms with Gasteiger partial charge >= 0.3 is 6.09 Å². The zero-order valence-corrected chi connectivity index (χ0v) is 16.9. The molecule has 1 aliphatic carbocycles. The fourth-order valence-corrected chi connectivity index (χ4v) is 2.96. The number of nitrogens with zero attached hydrogens (tertiary/aromatic N) is 1. The number of carbonyl (C=O) groups is 2. The maximum atomic E-state index is 12.0. The Hall–Kier alpha value is -2.24. The van der Waals surface area contributed by atoms with E-state index in [1.165, 1.54) is 17.7 Å². The van der Waals surface area contributed by atoms with Crippen LogP contribution >= 0.6 is 0 Å². The van der Waals surface area contributed by atoms with Gasteiger partial charge in [0.2, 0.25) is 5.91 Å². The average Bonchev–Trinajstić information content (AvgIpc) is 3.08. The third-order valence-electron chi connectivity index (χ3n) is 4.35. The third kappa shape index (κ3) is 7.89. The molecule has 0 radical (unpaired) electrons. The Bertz CT molecular complexity index is 616. The van der Waals surface area contributed by atoms with Crippen molar-refractivity contribution in [1.82, 2.24) is 10.2 Å². The molecule has 2 rings (SSSR count). The molecule has 6 heteroatoms. The molecule has 0 bridgehead atoms. The van der Waals surface area contributed by atoms with Crippen LogP contribution in [-0.2, 0) is 16.0 Å². The van der Waals surface area contributed by atoms with Gasteiger partial charge in [0, 0.05) is 13.6 Å². The molecule has 0 saturated heterocycles. The van der Waals surface area contributed by atoms with Gasteiger partial charge in [-0.25, -0.2) is 4.79 Å². The summed E-state index contributed by atoms with van der Waals surface area (Å²) in [5.74, 6) is 0.707. The second-order valence-corrected chi connectivity index (χ2v) is 8.10. The Morgan fingerprint density at radius 1 is 1.15 bits per heavy atom. The Morgan fingerprint density at radius 2 is 1.78 bits per heavy atom. The summed E-state index contributed by atoms with van der Waals surface area (Å²) in [6, 6.07) is 8.05. The predicted molar refractivity (Wildman–Crippen MR) is 105 cm³/mol. The molecule has 0 unspecified atom stereocenters. The summed E-state index contributed by atoms with van der Waals surface area (Å²) in [5.41, 5.74) is 0.560. The van der Waals surface area contributed by atoms with Gasteiger partial charge in [-0.1, -0.05) is 12.1 Å². The van der Waals surface area contributed by atoms with Crippen LogP contribution in [0.25, 0.3) is 0 Å². The molecule has 1 aromatic rings. The zero-order valence-electron chi connectivity index (χ0n) is 16.9. The van der Waals surface area contributed by atoms with Crippen molar-refractivity contribution in [3.8, 4) is 5.75 Å². The van der Waals surface area contributed by atoms with Gasteiger partial charge in [-0.15, -0.1) is 0 Å². The Morgan fingerprint density at radius 3 is 2.37 bits per heavy atom. The number of ether oxygens (including phenoxy) is 2. The van der Waals surface area contributed by atoms with Crippen molar-refractivity contribution in [1.29, 1.82) is 0 Å². The first-order valence-electron chi connectivity index (χ1n) is 9.69. The SMILES string of the molecule is CN(CC(=O)NCCc1ccc(OC2CCCC2)cc1)C(=O)OC(C)(C)C. The number of nitrogens with one attached hydrogen (secondary N) is 1. The topological polar surface area (TPSA) is 67.9 Å². The molecular weight excluding hydrogens is 344 g/mol. The number of hydrogen-bond donors (Lipinski definition) is 1. The normalized spacial score (nSPS) is 14.7. The van der Waals surface area contributed by atoms with Crippen LogP contribution in [0.4, 0.5) is 4.79 Å². The van der Waals surface area contributed by atoms with Gasteiger partial charge in [0.25, 0.3) is 0 Å². The lowest BCUT2D eigenvalue weighted by Gasteiger charge is -2.24. The van der Waals surface area contributed by atoms with Crippen LogP contribution < -0.4 is 10.1 Å². The summed E-state index contributed by atoms with van der Waals surface area (Å²) in [7, 11) is 1.55. The molecular formula is C21H32N2O4. The molecule has 1 aromatic carbocycles. The molecule has 27 heavy (non-hydrogen) atoms. The lowest BCUT2D eigenvalue weighted by Crippen LogP contribution is -2.41. The molecule has 0 heterocycles. The second-order valence-electron chi connectivity index (χ2n) is 8.10. The molecule has 2 amide bonds. The van der Waals surface area contributed by atoms with Gasteiger partial charge in [-0.3, -0.25) is 4.79 Å². The van der Waals surface area contributed by atoms with E-state index in [4.69, 9.17) is 9.47 Å². The van der Waals surface area contributed by atoms with E-state index in [2.05, 4.69) is 5.32 Å². The first-order valence-corrected chi connectivity index (χ1v) is 9.69. The molecule has 0 spiro atoms. The van der Waals surface area contributed by atoms with Crippen LogP contribution in [-0.4, -0.2) is 48.7 Å². The van der Waals surface area contributed by atoms with E-state index in [1.54, 1.807) is 27.8 Å². The highest BCUT2D eigenvalue weighted by Crippen LogP contribution is 2.24. The second kappa shape index (κ2) is 9.62. The van der Waals surface area contributed by atoms with Crippen molar-refractivity contribution >= 4 is 12.0 Å². The van der Waals surface area contributed by atoms with Gasteiger partial charge in [0.15, 0.2) is 0 Å². The van der Waals surface area contributed by atoms with E-state index in [1.807, 2.05) is 24.3 Å². The van der Waals surface area contributed by atoms with Crippen molar-refractivity contribution in [2.75, 3.05) is 20.1 Å². The highest BCUT2D eigenvalue weighted by molar-refractivity contribution is 5.82. The van der Waals surface area contributed by atoms with E-state index in [0.29, 0.717) is 12.6 Å². The molecule has 1 N–H and O–H groups in total. The molecule has 1 fully saturated rings. The van der Waals surface area contributed by atoms with Crippen LogP contribution in [0, 0.1) is 0 Å². The largest absolute Gasteiger partial charge is 0.490 e. The molecule has 0 aliphatic heterocycles. The smallest absolute Gasteiger partial charge is 0.410 e. The average molecular weight is 376 g/mol. The van der Waals surface area contributed by atoms with Crippen molar-refractivity contribution in [2.24, 2.45) is 0 Å². The maximum Gasteiger partial charge on any atom is 0.410 e. The molecule has 150 valence electrons. The van der Waals surface area contributed by atoms with Gasteiger partial charge in [0.1, 0.15) is 17.9 Å². The van der Waals surface area contributed by atoms with Crippen molar-refractivity contribution < 1.29 is 19.1 Å². The predicted octanol–water partition coefficient (Wildman–Crippen LogP) is 3.53. The minimum Gasteiger partial charge on any atom is -0.490 e. The van der Waals surface area contributed by atoms with Crippen LogP contribution in [0.2, 0.25) is 0 Å². The fourth-order valence-electron chi connectivity index (χ4n) is 2.96. The van der Waals surface area contributed by atoms with Crippen molar-refractivity contribution in [3.63, 3.8) is 0 Å². The fraction of sp³-hybridized carbons (Fsp3) is 0.619. The Kier molecular flexibility index (Phi) is 7.51. The van der Waals surface area contributed by atoms with Gasteiger partial charge in [-0.2, -0.15) is 0 Å².